The van der Waals surface area contributed by atoms with Gasteiger partial charge >= 0.3 is 5.97 Å². The molecule has 0 bridgehead atoms. The lowest BCUT2D eigenvalue weighted by Crippen LogP contribution is -2.47. The smallest absolute Gasteiger partial charge is 0.306 e. The molecule has 3 atom stereocenters. The molecule has 0 heterocycles. The number of hydrogen-bond acceptors (Lipinski definition) is 7. The van der Waals surface area contributed by atoms with Crippen molar-refractivity contribution in [1.82, 2.24) is 5.32 Å². The highest BCUT2D eigenvalue weighted by atomic mass is 31.2. The van der Waals surface area contributed by atoms with E-state index < -0.39 is 26.6 Å². The van der Waals surface area contributed by atoms with Gasteiger partial charge in [-0.15, -0.1) is 0 Å². The number of hydrogen-bond donors (Lipinski definition) is 1. The van der Waals surface area contributed by atoms with Crippen molar-refractivity contribution in [3.63, 3.8) is 0 Å². The molecule has 0 saturated carbocycles. The third-order valence-electron chi connectivity index (χ3n) is 14.6. The first kappa shape index (κ1) is 81.2. The Balaban J connectivity index is 5.14. The lowest BCUT2D eigenvalue weighted by atomic mass is 10.0. The fourth-order valence-electron chi connectivity index (χ4n) is 9.27. The third-order valence-corrected chi connectivity index (χ3v) is 15.5. The van der Waals surface area contributed by atoms with Gasteiger partial charge in [-0.1, -0.05) is 270 Å². The van der Waals surface area contributed by atoms with Gasteiger partial charge in [-0.2, -0.15) is 0 Å². The summed E-state index contributed by atoms with van der Waals surface area (Å²) in [5.74, 6) is -0.602. The average molecular weight is 1200 g/mol. The van der Waals surface area contributed by atoms with E-state index in [1.807, 2.05) is 33.3 Å². The van der Waals surface area contributed by atoms with Crippen LogP contribution < -0.4 is 10.2 Å². The molecule has 1 amide bonds. The number of nitrogens with zero attached hydrogens (tertiary/aromatic N) is 1. The molecule has 0 saturated heterocycles. The maximum absolute atomic E-state index is 13.6. The van der Waals surface area contributed by atoms with Crippen LogP contribution in [0.3, 0.4) is 0 Å². The molecule has 0 spiro atoms. The number of allylic oxidation sites excluding steroid dienone is 21. The van der Waals surface area contributed by atoms with Gasteiger partial charge in [-0.05, 0) is 128 Å². The first-order valence-corrected chi connectivity index (χ1v) is 36.0. The minimum absolute atomic E-state index is 0.0383. The van der Waals surface area contributed by atoms with E-state index in [1.165, 1.54) is 122 Å². The van der Waals surface area contributed by atoms with Crippen molar-refractivity contribution in [2.75, 3.05) is 40.9 Å². The highest BCUT2D eigenvalue weighted by molar-refractivity contribution is 7.45. The summed E-state index contributed by atoms with van der Waals surface area (Å²) in [7, 11) is 1.14. The second-order valence-corrected chi connectivity index (χ2v) is 25.4. The molecular weight excluding hydrogens is 1070 g/mol. The minimum atomic E-state index is -4.72. The van der Waals surface area contributed by atoms with Crippen LogP contribution in [0.25, 0.3) is 0 Å². The fourth-order valence-corrected chi connectivity index (χ4v) is 10.00. The Morgan fingerprint density at radius 2 is 0.753 bits per heavy atom. The monoisotopic (exact) mass is 1200 g/mol. The number of carbonyl (C=O) groups is 2. The van der Waals surface area contributed by atoms with Gasteiger partial charge in [-0.3, -0.25) is 14.2 Å². The highest BCUT2D eigenvalue weighted by Crippen LogP contribution is 2.38. The number of esters is 1. The van der Waals surface area contributed by atoms with Crippen LogP contribution in [0.2, 0.25) is 0 Å². The maximum atomic E-state index is 13.6. The van der Waals surface area contributed by atoms with E-state index in [-0.39, 0.29) is 31.3 Å². The Labute approximate surface area is 524 Å². The molecule has 9 nitrogen and oxygen atoms in total. The van der Waals surface area contributed by atoms with Crippen LogP contribution in [0.1, 0.15) is 278 Å². The predicted molar refractivity (Wildman–Crippen MR) is 366 cm³/mol. The van der Waals surface area contributed by atoms with Crippen LogP contribution in [0, 0.1) is 0 Å². The Hall–Kier alpha value is -3.85. The molecule has 0 rings (SSSR count). The quantitative estimate of drug-likeness (QED) is 0.0212. The molecule has 486 valence electrons. The van der Waals surface area contributed by atoms with Gasteiger partial charge in [0, 0.05) is 12.8 Å². The molecule has 0 aromatic heterocycles. The van der Waals surface area contributed by atoms with Crippen molar-refractivity contribution in [3.05, 3.63) is 134 Å². The van der Waals surface area contributed by atoms with Crippen molar-refractivity contribution in [2.45, 2.75) is 290 Å². The van der Waals surface area contributed by atoms with Crippen molar-refractivity contribution in [1.29, 1.82) is 0 Å². The zero-order valence-corrected chi connectivity index (χ0v) is 56.4. The molecule has 0 fully saturated rings. The molecule has 1 N–H and O–H groups in total. The first-order chi connectivity index (χ1) is 41.4. The number of quaternary nitrogens is 1. The van der Waals surface area contributed by atoms with Crippen molar-refractivity contribution in [2.24, 2.45) is 0 Å². The lowest BCUT2D eigenvalue weighted by Gasteiger charge is -2.30. The largest absolute Gasteiger partial charge is 0.756 e. The Bertz CT molecular complexity index is 1920. The average Bonchev–Trinajstić information content (AvgIpc) is 3.57. The number of ether oxygens (including phenoxy) is 1. The standard InChI is InChI=1S/C75H129N2O7P/c1-7-10-13-16-19-22-25-27-29-31-33-35-36-37-38-39-40-42-44-46-48-50-53-56-59-62-65-68-75(79)84-73(66-63-60-57-54-51-24-21-18-15-12-9-3)72(71-83-85(80,81)82-70-69-77(4,5)6)76-74(78)67-64-61-58-55-52-49-47-45-43-41-34-32-30-28-26-23-20-17-14-11-8-2/h11,14,19-20,22-23,27-30,33-35,37-38,41,45,47,52,55,63,66,72-73H,7-10,12-13,15-18,21,24-26,31-32,36,39-40,42-44,46,48-51,53-54,56-62,64-65,67-71H2,1-6H3,(H-,76,78,80,81)/b14-11-,22-19-,23-20-,29-27-,30-28-,35-33-,38-37-,41-34-,47-45-,55-52-,66-63-. The zero-order chi connectivity index (χ0) is 62.1. The van der Waals surface area contributed by atoms with Gasteiger partial charge in [0.1, 0.15) is 19.3 Å². The molecular formula is C75H129N2O7P. The molecule has 0 aliphatic rings. The second kappa shape index (κ2) is 63.2. The summed E-state index contributed by atoms with van der Waals surface area (Å²) in [4.78, 5) is 40.1. The first-order valence-electron chi connectivity index (χ1n) is 34.5. The van der Waals surface area contributed by atoms with Crippen LogP contribution in [0.4, 0.5) is 0 Å². The van der Waals surface area contributed by atoms with Gasteiger partial charge in [0.25, 0.3) is 7.82 Å². The number of likely N-dealkylation sites (N-methyl/N-ethyl adjacent to an activating group) is 1. The molecule has 85 heavy (non-hydrogen) atoms. The minimum Gasteiger partial charge on any atom is -0.756 e. The molecule has 0 aromatic rings. The number of nitrogens with one attached hydrogen (secondary N) is 1. The Kier molecular flexibility index (Phi) is 60.3. The molecule has 0 aliphatic heterocycles. The number of amides is 1. The van der Waals surface area contributed by atoms with E-state index in [9.17, 15) is 19.0 Å². The number of phosphoric acid groups is 1. The van der Waals surface area contributed by atoms with Crippen LogP contribution >= 0.6 is 7.82 Å². The van der Waals surface area contributed by atoms with E-state index in [0.717, 1.165) is 109 Å². The van der Waals surface area contributed by atoms with Crippen molar-refractivity contribution < 1.29 is 37.3 Å². The third kappa shape index (κ3) is 64.5. The van der Waals surface area contributed by atoms with Gasteiger partial charge < -0.3 is 28.5 Å². The normalized spacial score (nSPS) is 14.4. The number of phosphoric ester groups is 1. The van der Waals surface area contributed by atoms with Crippen molar-refractivity contribution in [3.8, 4) is 0 Å². The van der Waals surface area contributed by atoms with Crippen LogP contribution in [0.15, 0.2) is 134 Å². The fraction of sp³-hybridized carbons (Fsp3) is 0.680. The van der Waals surface area contributed by atoms with Crippen LogP contribution in [-0.2, 0) is 27.9 Å². The second-order valence-electron chi connectivity index (χ2n) is 23.9. The maximum Gasteiger partial charge on any atom is 0.306 e. The van der Waals surface area contributed by atoms with Crippen LogP contribution in [-0.4, -0.2) is 69.4 Å². The topological polar surface area (TPSA) is 114 Å². The molecule has 0 radical (unpaired) electrons. The van der Waals surface area contributed by atoms with Gasteiger partial charge in [0.15, 0.2) is 0 Å². The van der Waals surface area contributed by atoms with Gasteiger partial charge in [0.05, 0.1) is 33.8 Å². The van der Waals surface area contributed by atoms with Gasteiger partial charge in [-0.25, -0.2) is 0 Å². The lowest BCUT2D eigenvalue weighted by molar-refractivity contribution is -0.870. The molecule has 0 aliphatic carbocycles. The summed E-state index contributed by atoms with van der Waals surface area (Å²) in [5.41, 5.74) is 0. The van der Waals surface area contributed by atoms with E-state index >= 15 is 0 Å². The van der Waals surface area contributed by atoms with Crippen LogP contribution in [0.5, 0.6) is 0 Å². The van der Waals surface area contributed by atoms with E-state index in [0.29, 0.717) is 23.9 Å². The van der Waals surface area contributed by atoms with E-state index in [1.54, 1.807) is 0 Å². The summed E-state index contributed by atoms with van der Waals surface area (Å²) in [6.45, 7) is 6.65. The number of unbranched alkanes of at least 4 members (excludes halogenated alkanes) is 25. The van der Waals surface area contributed by atoms with E-state index in [4.69, 9.17) is 13.8 Å². The SMILES string of the molecule is CC/C=C\C/C=C\C/C=C\C/C=C\C/C=C\C/C=C\CCCCC(=O)NC(COP(=O)([O-])OCC[N+](C)(C)C)C(/C=C\CCCCCCCCCCC)OC(=O)CCCCCCCCCCCCC/C=C\C/C=C\C/C=C\C/C=C\CCCCC. The molecule has 0 aromatic carbocycles. The van der Waals surface area contributed by atoms with Crippen molar-refractivity contribution >= 4 is 19.7 Å². The van der Waals surface area contributed by atoms with Gasteiger partial charge in [0.2, 0.25) is 5.91 Å². The number of rotatable bonds is 61. The van der Waals surface area contributed by atoms with E-state index in [2.05, 4.69) is 148 Å². The zero-order valence-electron chi connectivity index (χ0n) is 55.5. The summed E-state index contributed by atoms with van der Waals surface area (Å²) in [5, 5.41) is 3.01. The summed E-state index contributed by atoms with van der Waals surface area (Å²) in [6.07, 6.45) is 90.1. The number of carbonyl (C=O) groups excluding carboxylic acids is 2. The predicted octanol–water partition coefficient (Wildman–Crippen LogP) is 21.4. The summed E-state index contributed by atoms with van der Waals surface area (Å²) < 4.78 is 30.4. The molecule has 3 unspecified atom stereocenters. The highest BCUT2D eigenvalue weighted by Gasteiger charge is 2.27. The summed E-state index contributed by atoms with van der Waals surface area (Å²) >= 11 is 0. The molecule has 10 heteroatoms. The Morgan fingerprint density at radius 3 is 1.16 bits per heavy atom. The Morgan fingerprint density at radius 1 is 0.424 bits per heavy atom. The summed E-state index contributed by atoms with van der Waals surface area (Å²) in [6, 6.07) is -0.923.